The van der Waals surface area contributed by atoms with Gasteiger partial charge in [-0.15, -0.1) is 23.2 Å². The minimum atomic E-state index is -0.891. The van der Waals surface area contributed by atoms with E-state index in [4.69, 9.17) is 23.2 Å². The van der Waals surface area contributed by atoms with Gasteiger partial charge in [0.15, 0.2) is 0 Å². The molecule has 1 fully saturated rings. The molecule has 2 nitrogen and oxygen atoms in total. The van der Waals surface area contributed by atoms with E-state index in [-0.39, 0.29) is 17.9 Å². The molecule has 0 heterocycles. The van der Waals surface area contributed by atoms with Crippen LogP contribution in [0.1, 0.15) is 47.0 Å². The van der Waals surface area contributed by atoms with Gasteiger partial charge < -0.3 is 5.32 Å². The maximum absolute atomic E-state index is 12.2. The first-order valence-electron chi connectivity index (χ1n) is 6.03. The van der Waals surface area contributed by atoms with Crippen molar-refractivity contribution in [2.45, 2.75) is 57.3 Å². The van der Waals surface area contributed by atoms with Crippen LogP contribution >= 0.6 is 23.2 Å². The number of carbonyl (C=O) groups is 1. The van der Waals surface area contributed by atoms with Gasteiger partial charge in [-0.1, -0.05) is 27.2 Å². The monoisotopic (exact) mass is 265 g/mol. The molecular formula is C12H21Cl2NO. The highest BCUT2D eigenvalue weighted by Gasteiger charge is 2.76. The third-order valence-corrected chi connectivity index (χ3v) is 5.19. The van der Waals surface area contributed by atoms with E-state index in [0.717, 1.165) is 12.8 Å². The fraction of sp³-hybridized carbons (Fsp3) is 0.917. The van der Waals surface area contributed by atoms with Crippen molar-refractivity contribution >= 4 is 29.1 Å². The number of hydrogen-bond acceptors (Lipinski definition) is 1. The van der Waals surface area contributed by atoms with Crippen molar-refractivity contribution in [3.63, 3.8) is 0 Å². The molecule has 0 spiro atoms. The Bertz CT molecular complexity index is 280. The number of nitrogens with one attached hydrogen (secondary N) is 1. The Morgan fingerprint density at radius 2 is 1.94 bits per heavy atom. The molecule has 1 N–H and O–H groups in total. The lowest BCUT2D eigenvalue weighted by Gasteiger charge is -2.20. The second kappa shape index (κ2) is 4.73. The Balaban J connectivity index is 2.67. The summed E-state index contributed by atoms with van der Waals surface area (Å²) < 4.78 is -0.891. The van der Waals surface area contributed by atoms with Gasteiger partial charge >= 0.3 is 0 Å². The maximum Gasteiger partial charge on any atom is 0.229 e. The summed E-state index contributed by atoms with van der Waals surface area (Å²) in [5, 5.41) is 3.01. The van der Waals surface area contributed by atoms with Gasteiger partial charge in [0.25, 0.3) is 0 Å². The molecule has 3 atom stereocenters. The van der Waals surface area contributed by atoms with Crippen LogP contribution in [0, 0.1) is 11.3 Å². The molecule has 94 valence electrons. The first kappa shape index (κ1) is 14.1. The molecule has 0 radical (unpaired) electrons. The average Bonchev–Trinajstić information content (AvgIpc) is 2.62. The van der Waals surface area contributed by atoms with Gasteiger partial charge in [0.1, 0.15) is 4.33 Å². The standard InChI is InChI=1S/C12H21Cl2NO/c1-5-7-8(3)15-10(16)11(6-2)9(4)12(11,13)14/h8-9H,5-7H2,1-4H3,(H,15,16). The minimum Gasteiger partial charge on any atom is -0.353 e. The SMILES string of the molecule is CCCC(C)NC(=O)C1(CC)C(C)C1(Cl)Cl. The second-order valence-electron chi connectivity index (χ2n) is 4.83. The van der Waals surface area contributed by atoms with Crippen LogP contribution in [0.2, 0.25) is 0 Å². The topological polar surface area (TPSA) is 29.1 Å². The average molecular weight is 266 g/mol. The summed E-state index contributed by atoms with van der Waals surface area (Å²) in [7, 11) is 0. The molecular weight excluding hydrogens is 245 g/mol. The zero-order chi connectivity index (χ0) is 12.6. The number of amides is 1. The minimum absolute atomic E-state index is 0.00782. The Morgan fingerprint density at radius 1 is 1.44 bits per heavy atom. The predicted molar refractivity (Wildman–Crippen MR) is 68.8 cm³/mol. The molecule has 1 saturated carbocycles. The highest BCUT2D eigenvalue weighted by Crippen LogP contribution is 2.70. The molecule has 0 saturated heterocycles. The Labute approximate surface area is 108 Å². The van der Waals surface area contributed by atoms with Crippen molar-refractivity contribution in [2.75, 3.05) is 0 Å². The molecule has 0 bridgehead atoms. The van der Waals surface area contributed by atoms with Crippen LogP contribution < -0.4 is 5.32 Å². The quantitative estimate of drug-likeness (QED) is 0.758. The molecule has 1 aliphatic carbocycles. The number of carbonyl (C=O) groups excluding carboxylic acids is 1. The van der Waals surface area contributed by atoms with Crippen molar-refractivity contribution in [1.82, 2.24) is 5.32 Å². The Morgan fingerprint density at radius 3 is 2.25 bits per heavy atom. The fourth-order valence-electron chi connectivity index (χ4n) is 2.55. The van der Waals surface area contributed by atoms with Gasteiger partial charge in [-0.25, -0.2) is 0 Å². The van der Waals surface area contributed by atoms with Crippen LogP contribution in [-0.4, -0.2) is 16.3 Å². The number of halogens is 2. The largest absolute Gasteiger partial charge is 0.353 e. The van der Waals surface area contributed by atoms with E-state index in [9.17, 15) is 4.79 Å². The fourth-order valence-corrected chi connectivity index (χ4v) is 3.58. The predicted octanol–water partition coefficient (Wildman–Crippen LogP) is 3.51. The van der Waals surface area contributed by atoms with E-state index in [1.54, 1.807) is 0 Å². The van der Waals surface area contributed by atoms with Gasteiger partial charge in [-0.2, -0.15) is 0 Å². The van der Waals surface area contributed by atoms with E-state index in [0.29, 0.717) is 6.42 Å². The lowest BCUT2D eigenvalue weighted by atomic mass is 9.98. The van der Waals surface area contributed by atoms with Crippen molar-refractivity contribution in [2.24, 2.45) is 11.3 Å². The summed E-state index contributed by atoms with van der Waals surface area (Å²) in [6.07, 6.45) is 2.73. The first-order valence-corrected chi connectivity index (χ1v) is 6.78. The summed E-state index contributed by atoms with van der Waals surface area (Å²) in [4.78, 5) is 12.2. The van der Waals surface area contributed by atoms with Crippen molar-refractivity contribution in [3.05, 3.63) is 0 Å². The zero-order valence-electron chi connectivity index (χ0n) is 10.4. The molecule has 1 rings (SSSR count). The Kier molecular flexibility index (Phi) is 4.18. The van der Waals surface area contributed by atoms with Crippen molar-refractivity contribution < 1.29 is 4.79 Å². The van der Waals surface area contributed by atoms with Crippen LogP contribution in [0.25, 0.3) is 0 Å². The second-order valence-corrected chi connectivity index (χ2v) is 6.22. The van der Waals surface area contributed by atoms with E-state index in [2.05, 4.69) is 12.2 Å². The molecule has 3 unspecified atom stereocenters. The molecule has 16 heavy (non-hydrogen) atoms. The first-order chi connectivity index (χ1) is 7.34. The van der Waals surface area contributed by atoms with E-state index in [1.165, 1.54) is 0 Å². The molecule has 0 aliphatic heterocycles. The molecule has 1 aliphatic rings. The van der Waals surface area contributed by atoms with E-state index >= 15 is 0 Å². The van der Waals surface area contributed by atoms with Crippen LogP contribution in [-0.2, 0) is 4.79 Å². The summed E-state index contributed by atoms with van der Waals surface area (Å²) in [5.74, 6) is 0.0376. The normalized spacial score (nSPS) is 33.2. The highest BCUT2D eigenvalue weighted by atomic mass is 35.5. The van der Waals surface area contributed by atoms with Crippen molar-refractivity contribution in [1.29, 1.82) is 0 Å². The number of rotatable bonds is 5. The van der Waals surface area contributed by atoms with Gasteiger partial charge in [-0.05, 0) is 19.8 Å². The molecule has 0 aromatic rings. The van der Waals surface area contributed by atoms with Gasteiger partial charge in [0.05, 0.1) is 5.41 Å². The lowest BCUT2D eigenvalue weighted by Crippen LogP contribution is -2.40. The maximum atomic E-state index is 12.2. The molecule has 0 aromatic carbocycles. The molecule has 1 amide bonds. The van der Waals surface area contributed by atoms with Gasteiger partial charge in [-0.3, -0.25) is 4.79 Å². The third kappa shape index (κ3) is 1.95. The summed E-state index contributed by atoms with van der Waals surface area (Å²) in [6.45, 7) is 8.02. The van der Waals surface area contributed by atoms with Gasteiger partial charge in [0.2, 0.25) is 5.91 Å². The van der Waals surface area contributed by atoms with E-state index in [1.807, 2.05) is 20.8 Å². The number of hydrogen-bond donors (Lipinski definition) is 1. The highest BCUT2D eigenvalue weighted by molar-refractivity contribution is 6.53. The summed E-state index contributed by atoms with van der Waals surface area (Å²) in [5.41, 5.74) is -0.585. The van der Waals surface area contributed by atoms with Crippen LogP contribution in [0.4, 0.5) is 0 Å². The van der Waals surface area contributed by atoms with Crippen LogP contribution in [0.15, 0.2) is 0 Å². The van der Waals surface area contributed by atoms with Crippen molar-refractivity contribution in [3.8, 4) is 0 Å². The number of alkyl halides is 2. The smallest absolute Gasteiger partial charge is 0.229 e. The summed E-state index contributed by atoms with van der Waals surface area (Å²) in [6, 6.07) is 0.192. The lowest BCUT2D eigenvalue weighted by molar-refractivity contribution is -0.127. The van der Waals surface area contributed by atoms with Crippen LogP contribution in [0.3, 0.4) is 0 Å². The molecule has 4 heteroatoms. The summed E-state index contributed by atoms with van der Waals surface area (Å²) >= 11 is 12.3. The van der Waals surface area contributed by atoms with E-state index < -0.39 is 9.75 Å². The molecule has 0 aromatic heterocycles. The zero-order valence-corrected chi connectivity index (χ0v) is 12.0. The Hall–Kier alpha value is 0.0500. The van der Waals surface area contributed by atoms with Crippen LogP contribution in [0.5, 0.6) is 0 Å². The van der Waals surface area contributed by atoms with Gasteiger partial charge in [0, 0.05) is 12.0 Å². The third-order valence-electron chi connectivity index (χ3n) is 3.86.